The highest BCUT2D eigenvalue weighted by Gasteiger charge is 2.15. The number of para-hydroxylation sites is 1. The number of aromatic nitrogens is 1. The Kier molecular flexibility index (Phi) is 4.66. The second-order valence-corrected chi connectivity index (χ2v) is 5.54. The lowest BCUT2D eigenvalue weighted by atomic mass is 10.2. The number of carbonyl (C=O) groups excluding carboxylic acids is 2. The molecule has 1 aromatic heterocycles. The molecule has 0 aliphatic rings. The van der Waals surface area contributed by atoms with Gasteiger partial charge in [0.1, 0.15) is 12.3 Å². The average molecular weight is 353 g/mol. The Bertz CT molecular complexity index is 1010. The van der Waals surface area contributed by atoms with Crippen LogP contribution in [-0.4, -0.2) is 28.8 Å². The van der Waals surface area contributed by atoms with E-state index in [0.717, 1.165) is 17.2 Å². The summed E-state index contributed by atoms with van der Waals surface area (Å²) in [5, 5.41) is 14.3. The summed E-state index contributed by atoms with van der Waals surface area (Å²) in [4.78, 5) is 34.0. The van der Waals surface area contributed by atoms with E-state index in [0.29, 0.717) is 11.3 Å². The predicted molar refractivity (Wildman–Crippen MR) is 95.6 cm³/mol. The van der Waals surface area contributed by atoms with Crippen molar-refractivity contribution in [3.05, 3.63) is 64.3 Å². The smallest absolute Gasteiger partial charge is 0.271 e. The Hall–Kier alpha value is -3.68. The van der Waals surface area contributed by atoms with Crippen molar-refractivity contribution in [3.63, 3.8) is 0 Å². The first-order chi connectivity index (χ1) is 12.5. The van der Waals surface area contributed by atoms with Gasteiger partial charge in [0, 0.05) is 34.8 Å². The molecule has 8 heteroatoms. The second kappa shape index (κ2) is 7.06. The molecule has 1 amide bonds. The van der Waals surface area contributed by atoms with Crippen molar-refractivity contribution in [2.45, 2.75) is 6.54 Å². The fourth-order valence-corrected chi connectivity index (χ4v) is 2.75. The highest BCUT2D eigenvalue weighted by molar-refractivity contribution is 5.99. The third kappa shape index (κ3) is 3.25. The van der Waals surface area contributed by atoms with Gasteiger partial charge in [0.2, 0.25) is 5.91 Å². The molecule has 0 aliphatic carbocycles. The third-order valence-corrected chi connectivity index (χ3v) is 3.93. The summed E-state index contributed by atoms with van der Waals surface area (Å²) < 4.78 is 6.78. The van der Waals surface area contributed by atoms with Crippen LogP contribution < -0.4 is 10.1 Å². The first-order valence-corrected chi connectivity index (χ1v) is 7.69. The molecule has 0 fully saturated rings. The van der Waals surface area contributed by atoms with Crippen molar-refractivity contribution in [1.29, 1.82) is 0 Å². The maximum absolute atomic E-state index is 12.4. The molecule has 0 saturated heterocycles. The van der Waals surface area contributed by atoms with Crippen LogP contribution in [0.4, 0.5) is 11.4 Å². The van der Waals surface area contributed by atoms with Crippen LogP contribution in [0.2, 0.25) is 0 Å². The first-order valence-electron chi connectivity index (χ1n) is 7.69. The summed E-state index contributed by atoms with van der Waals surface area (Å²) >= 11 is 0. The number of benzene rings is 2. The topological polar surface area (TPSA) is 103 Å². The van der Waals surface area contributed by atoms with Gasteiger partial charge in [-0.1, -0.05) is 18.2 Å². The number of nitrogens with zero attached hydrogens (tertiary/aromatic N) is 2. The molecule has 0 atom stereocenters. The van der Waals surface area contributed by atoms with Crippen molar-refractivity contribution in [2.75, 3.05) is 12.4 Å². The van der Waals surface area contributed by atoms with Gasteiger partial charge in [-0.3, -0.25) is 19.7 Å². The SMILES string of the molecule is COc1ccc([N+](=O)[O-])cc1NC(=O)Cn1cc(C=O)c2ccccc21. The van der Waals surface area contributed by atoms with E-state index in [9.17, 15) is 19.7 Å². The molecular weight excluding hydrogens is 338 g/mol. The largest absolute Gasteiger partial charge is 0.495 e. The number of nitro benzene ring substituents is 1. The number of fused-ring (bicyclic) bond motifs is 1. The van der Waals surface area contributed by atoms with Crippen LogP contribution in [0, 0.1) is 10.1 Å². The number of carbonyl (C=O) groups is 2. The Morgan fingerprint density at radius 3 is 2.77 bits per heavy atom. The summed E-state index contributed by atoms with van der Waals surface area (Å²) in [6, 6.07) is 11.2. The maximum atomic E-state index is 12.4. The molecule has 1 heterocycles. The van der Waals surface area contributed by atoms with Crippen molar-refractivity contribution in [3.8, 4) is 5.75 Å². The number of anilines is 1. The van der Waals surface area contributed by atoms with Crippen LogP contribution in [0.25, 0.3) is 10.9 Å². The van der Waals surface area contributed by atoms with Gasteiger partial charge in [0.25, 0.3) is 5.69 Å². The fourth-order valence-electron chi connectivity index (χ4n) is 2.75. The Balaban J connectivity index is 1.87. The van der Waals surface area contributed by atoms with Gasteiger partial charge < -0.3 is 14.6 Å². The molecule has 2 aromatic carbocycles. The lowest BCUT2D eigenvalue weighted by Crippen LogP contribution is -2.18. The number of non-ortho nitro benzene ring substituents is 1. The first kappa shape index (κ1) is 17.2. The van der Waals surface area contributed by atoms with E-state index in [2.05, 4.69) is 5.32 Å². The molecule has 1 N–H and O–H groups in total. The molecule has 8 nitrogen and oxygen atoms in total. The van der Waals surface area contributed by atoms with E-state index in [-0.39, 0.29) is 17.9 Å². The third-order valence-electron chi connectivity index (χ3n) is 3.93. The number of nitro groups is 1. The quantitative estimate of drug-likeness (QED) is 0.417. The molecule has 3 aromatic rings. The zero-order valence-corrected chi connectivity index (χ0v) is 13.8. The fraction of sp³-hybridized carbons (Fsp3) is 0.111. The number of hydrogen-bond acceptors (Lipinski definition) is 5. The number of ether oxygens (including phenoxy) is 1. The molecule has 0 radical (unpaired) electrons. The zero-order chi connectivity index (χ0) is 18.7. The molecule has 0 aliphatic heterocycles. The second-order valence-electron chi connectivity index (χ2n) is 5.54. The molecular formula is C18H15N3O5. The Morgan fingerprint density at radius 1 is 1.31 bits per heavy atom. The summed E-state index contributed by atoms with van der Waals surface area (Å²) in [6.45, 7) is -0.0554. The number of methoxy groups -OCH3 is 1. The van der Waals surface area contributed by atoms with Crippen LogP contribution >= 0.6 is 0 Å². The Morgan fingerprint density at radius 2 is 2.08 bits per heavy atom. The average Bonchev–Trinajstić information content (AvgIpc) is 2.99. The summed E-state index contributed by atoms with van der Waals surface area (Å²) in [7, 11) is 1.41. The van der Waals surface area contributed by atoms with Crippen LogP contribution in [0.1, 0.15) is 10.4 Å². The molecule has 3 rings (SSSR count). The molecule has 0 unspecified atom stereocenters. The monoisotopic (exact) mass is 353 g/mol. The lowest BCUT2D eigenvalue weighted by molar-refractivity contribution is -0.384. The van der Waals surface area contributed by atoms with E-state index in [4.69, 9.17) is 4.74 Å². The standard InChI is InChI=1S/C18H15N3O5/c1-26-17-7-6-13(21(24)25)8-15(17)19-18(23)10-20-9-12(11-22)14-4-2-3-5-16(14)20/h2-9,11H,10H2,1H3,(H,19,23). The number of nitrogens with one attached hydrogen (secondary N) is 1. The lowest BCUT2D eigenvalue weighted by Gasteiger charge is -2.11. The highest BCUT2D eigenvalue weighted by atomic mass is 16.6. The minimum Gasteiger partial charge on any atom is -0.495 e. The number of hydrogen-bond donors (Lipinski definition) is 1. The van der Waals surface area contributed by atoms with E-state index < -0.39 is 10.8 Å². The van der Waals surface area contributed by atoms with E-state index in [1.165, 1.54) is 25.3 Å². The van der Waals surface area contributed by atoms with Crippen molar-refractivity contribution < 1.29 is 19.2 Å². The van der Waals surface area contributed by atoms with E-state index in [1.807, 2.05) is 18.2 Å². The van der Waals surface area contributed by atoms with Gasteiger partial charge in [-0.15, -0.1) is 0 Å². The summed E-state index contributed by atoms with van der Waals surface area (Å²) in [6.07, 6.45) is 2.34. The number of amides is 1. The van der Waals surface area contributed by atoms with Crippen LogP contribution in [0.5, 0.6) is 5.75 Å². The van der Waals surface area contributed by atoms with Gasteiger partial charge in [-0.2, -0.15) is 0 Å². The minimum atomic E-state index is -0.551. The molecule has 0 bridgehead atoms. The summed E-state index contributed by atoms with van der Waals surface area (Å²) in [5.74, 6) is -0.0862. The van der Waals surface area contributed by atoms with Gasteiger partial charge in [0.15, 0.2) is 6.29 Å². The number of rotatable bonds is 6. The predicted octanol–water partition coefficient (Wildman–Crippen LogP) is 3.01. The van der Waals surface area contributed by atoms with Crippen LogP contribution in [0.3, 0.4) is 0 Å². The Labute approximate surface area is 148 Å². The van der Waals surface area contributed by atoms with E-state index >= 15 is 0 Å². The molecule has 26 heavy (non-hydrogen) atoms. The van der Waals surface area contributed by atoms with Gasteiger partial charge in [-0.05, 0) is 12.1 Å². The molecule has 0 saturated carbocycles. The van der Waals surface area contributed by atoms with Crippen LogP contribution in [0.15, 0.2) is 48.7 Å². The van der Waals surface area contributed by atoms with Crippen molar-refractivity contribution >= 4 is 34.5 Å². The van der Waals surface area contributed by atoms with E-state index in [1.54, 1.807) is 16.8 Å². The molecule has 132 valence electrons. The van der Waals surface area contributed by atoms with Gasteiger partial charge >= 0.3 is 0 Å². The minimum absolute atomic E-state index is 0.0554. The normalized spacial score (nSPS) is 10.5. The van der Waals surface area contributed by atoms with Gasteiger partial charge in [0.05, 0.1) is 17.7 Å². The van der Waals surface area contributed by atoms with Crippen LogP contribution in [-0.2, 0) is 11.3 Å². The van der Waals surface area contributed by atoms with Gasteiger partial charge in [-0.25, -0.2) is 0 Å². The molecule has 0 spiro atoms. The van der Waals surface area contributed by atoms with Crippen molar-refractivity contribution in [1.82, 2.24) is 4.57 Å². The summed E-state index contributed by atoms with van der Waals surface area (Å²) in [5.41, 5.74) is 1.28. The highest BCUT2D eigenvalue weighted by Crippen LogP contribution is 2.29. The maximum Gasteiger partial charge on any atom is 0.271 e. The number of aldehydes is 1. The zero-order valence-electron chi connectivity index (χ0n) is 13.8. The van der Waals surface area contributed by atoms with Crippen molar-refractivity contribution in [2.24, 2.45) is 0 Å².